The molecular formula is C17H24N2. The van der Waals surface area contributed by atoms with Crippen LogP contribution in [0.15, 0.2) is 30.5 Å². The number of hydrogen-bond donors (Lipinski definition) is 1. The molecule has 1 unspecified atom stereocenters. The zero-order valence-corrected chi connectivity index (χ0v) is 12.2. The first-order valence-corrected chi connectivity index (χ1v) is 7.33. The van der Waals surface area contributed by atoms with E-state index in [-0.39, 0.29) is 0 Å². The van der Waals surface area contributed by atoms with E-state index in [2.05, 4.69) is 49.3 Å². The van der Waals surface area contributed by atoms with Crippen molar-refractivity contribution in [2.75, 3.05) is 5.32 Å². The van der Waals surface area contributed by atoms with E-state index in [1.807, 2.05) is 12.3 Å². The molecule has 2 heteroatoms. The molecule has 0 saturated heterocycles. The van der Waals surface area contributed by atoms with Gasteiger partial charge in [0, 0.05) is 23.3 Å². The summed E-state index contributed by atoms with van der Waals surface area (Å²) < 4.78 is 0. The van der Waals surface area contributed by atoms with Crippen LogP contribution in [0.1, 0.15) is 45.1 Å². The van der Waals surface area contributed by atoms with Gasteiger partial charge in [0.2, 0.25) is 0 Å². The van der Waals surface area contributed by atoms with Crippen molar-refractivity contribution >= 4 is 16.6 Å². The maximum Gasteiger partial charge on any atom is 0.0751 e. The molecule has 0 saturated carbocycles. The zero-order valence-electron chi connectivity index (χ0n) is 12.2. The van der Waals surface area contributed by atoms with Crippen molar-refractivity contribution in [1.29, 1.82) is 0 Å². The van der Waals surface area contributed by atoms with Gasteiger partial charge in [-0.2, -0.15) is 0 Å². The van der Waals surface area contributed by atoms with Crippen LogP contribution < -0.4 is 5.32 Å². The predicted octanol–water partition coefficient (Wildman–Crippen LogP) is 4.92. The summed E-state index contributed by atoms with van der Waals surface area (Å²) in [6.07, 6.45) is 6.99. The highest BCUT2D eigenvalue weighted by atomic mass is 14.9. The number of pyridine rings is 1. The first-order chi connectivity index (χ1) is 9.22. The van der Waals surface area contributed by atoms with Gasteiger partial charge in [-0.3, -0.25) is 4.98 Å². The molecule has 0 amide bonds. The second kappa shape index (κ2) is 6.55. The minimum absolute atomic E-state index is 0.512. The number of fused-ring (bicyclic) bond motifs is 1. The molecule has 0 fully saturated rings. The summed E-state index contributed by atoms with van der Waals surface area (Å²) >= 11 is 0. The van der Waals surface area contributed by atoms with E-state index in [9.17, 15) is 0 Å². The predicted molar refractivity (Wildman–Crippen MR) is 83.7 cm³/mol. The quantitative estimate of drug-likeness (QED) is 0.742. The topological polar surface area (TPSA) is 24.9 Å². The molecular weight excluding hydrogens is 232 g/mol. The van der Waals surface area contributed by atoms with Crippen molar-refractivity contribution in [1.82, 2.24) is 4.98 Å². The van der Waals surface area contributed by atoms with E-state index in [0.717, 1.165) is 5.52 Å². The van der Waals surface area contributed by atoms with Crippen molar-refractivity contribution in [3.8, 4) is 0 Å². The van der Waals surface area contributed by atoms with Gasteiger partial charge in [0.15, 0.2) is 0 Å². The standard InChI is InChI=1S/C17H24N2/c1-4-5-6-8-14(3)19-16-11-10-13(2)17-15(16)9-7-12-18-17/h7,9-12,14,19H,4-6,8H2,1-3H3. The van der Waals surface area contributed by atoms with Crippen LogP contribution in [0.3, 0.4) is 0 Å². The summed E-state index contributed by atoms with van der Waals surface area (Å²) in [5.74, 6) is 0. The Morgan fingerprint density at radius 2 is 2.05 bits per heavy atom. The highest BCUT2D eigenvalue weighted by Gasteiger charge is 2.07. The first kappa shape index (κ1) is 13.9. The summed E-state index contributed by atoms with van der Waals surface area (Å²) in [5.41, 5.74) is 3.55. The van der Waals surface area contributed by atoms with Crippen LogP contribution in [-0.2, 0) is 0 Å². The van der Waals surface area contributed by atoms with E-state index in [1.54, 1.807) is 0 Å². The van der Waals surface area contributed by atoms with Gasteiger partial charge in [0.05, 0.1) is 5.52 Å². The van der Waals surface area contributed by atoms with Crippen molar-refractivity contribution < 1.29 is 0 Å². The van der Waals surface area contributed by atoms with E-state index < -0.39 is 0 Å². The second-order valence-corrected chi connectivity index (χ2v) is 5.37. The molecule has 0 aliphatic rings. The number of aromatic nitrogens is 1. The number of rotatable bonds is 6. The van der Waals surface area contributed by atoms with Crippen LogP contribution in [0.2, 0.25) is 0 Å². The number of nitrogens with zero attached hydrogens (tertiary/aromatic N) is 1. The lowest BCUT2D eigenvalue weighted by Gasteiger charge is -2.17. The zero-order chi connectivity index (χ0) is 13.7. The monoisotopic (exact) mass is 256 g/mol. The Hall–Kier alpha value is -1.57. The van der Waals surface area contributed by atoms with Gasteiger partial charge in [-0.05, 0) is 44.0 Å². The fraction of sp³-hybridized carbons (Fsp3) is 0.471. The van der Waals surface area contributed by atoms with Crippen LogP contribution in [0, 0.1) is 6.92 Å². The van der Waals surface area contributed by atoms with E-state index >= 15 is 0 Å². The summed E-state index contributed by atoms with van der Waals surface area (Å²) in [5, 5.41) is 4.86. The first-order valence-electron chi connectivity index (χ1n) is 7.33. The molecule has 1 heterocycles. The van der Waals surface area contributed by atoms with E-state index in [1.165, 1.54) is 42.3 Å². The Kier molecular flexibility index (Phi) is 4.78. The number of anilines is 1. The summed E-state index contributed by atoms with van der Waals surface area (Å²) in [6, 6.07) is 9.00. The summed E-state index contributed by atoms with van der Waals surface area (Å²) in [6.45, 7) is 6.62. The Balaban J connectivity index is 2.14. The number of benzene rings is 1. The SMILES string of the molecule is CCCCCC(C)Nc1ccc(C)c2ncccc12. The smallest absolute Gasteiger partial charge is 0.0751 e. The van der Waals surface area contributed by atoms with Crippen molar-refractivity contribution in [2.45, 2.75) is 52.5 Å². The fourth-order valence-corrected chi connectivity index (χ4v) is 2.48. The molecule has 0 radical (unpaired) electrons. The molecule has 102 valence electrons. The number of nitrogens with one attached hydrogen (secondary N) is 1. The Morgan fingerprint density at radius 3 is 2.84 bits per heavy atom. The normalized spacial score (nSPS) is 12.6. The maximum atomic E-state index is 4.48. The molecule has 0 spiro atoms. The number of hydrogen-bond acceptors (Lipinski definition) is 2. The van der Waals surface area contributed by atoms with Gasteiger partial charge in [-0.25, -0.2) is 0 Å². The lowest BCUT2D eigenvalue weighted by molar-refractivity contribution is 0.615. The minimum atomic E-state index is 0.512. The van der Waals surface area contributed by atoms with E-state index in [0.29, 0.717) is 6.04 Å². The summed E-state index contributed by atoms with van der Waals surface area (Å²) in [4.78, 5) is 4.48. The fourth-order valence-electron chi connectivity index (χ4n) is 2.48. The number of aryl methyl sites for hydroxylation is 1. The van der Waals surface area contributed by atoms with Crippen molar-refractivity contribution in [3.63, 3.8) is 0 Å². The highest BCUT2D eigenvalue weighted by Crippen LogP contribution is 2.25. The Labute approximate surface area is 116 Å². The average molecular weight is 256 g/mol. The van der Waals surface area contributed by atoms with Gasteiger partial charge in [-0.15, -0.1) is 0 Å². The summed E-state index contributed by atoms with van der Waals surface area (Å²) in [7, 11) is 0. The van der Waals surface area contributed by atoms with Gasteiger partial charge in [-0.1, -0.05) is 32.3 Å². The van der Waals surface area contributed by atoms with Gasteiger partial charge < -0.3 is 5.32 Å². The molecule has 0 aliphatic heterocycles. The van der Waals surface area contributed by atoms with E-state index in [4.69, 9.17) is 0 Å². The van der Waals surface area contributed by atoms with Crippen LogP contribution in [0.5, 0.6) is 0 Å². The second-order valence-electron chi connectivity index (χ2n) is 5.37. The van der Waals surface area contributed by atoms with Crippen molar-refractivity contribution in [3.05, 3.63) is 36.0 Å². The molecule has 0 bridgehead atoms. The lowest BCUT2D eigenvalue weighted by Crippen LogP contribution is -2.15. The van der Waals surface area contributed by atoms with Crippen LogP contribution in [0.25, 0.3) is 10.9 Å². The third-order valence-electron chi connectivity index (χ3n) is 3.61. The molecule has 2 aromatic rings. The van der Waals surface area contributed by atoms with Crippen LogP contribution >= 0.6 is 0 Å². The molecule has 1 atom stereocenters. The molecule has 2 nitrogen and oxygen atoms in total. The van der Waals surface area contributed by atoms with Crippen LogP contribution in [0.4, 0.5) is 5.69 Å². The third-order valence-corrected chi connectivity index (χ3v) is 3.61. The van der Waals surface area contributed by atoms with Gasteiger partial charge in [0.1, 0.15) is 0 Å². The Bertz CT molecular complexity index is 534. The lowest BCUT2D eigenvalue weighted by atomic mass is 10.1. The molecule has 1 N–H and O–H groups in total. The van der Waals surface area contributed by atoms with Crippen molar-refractivity contribution in [2.24, 2.45) is 0 Å². The van der Waals surface area contributed by atoms with Crippen LogP contribution in [-0.4, -0.2) is 11.0 Å². The molecule has 2 rings (SSSR count). The maximum absolute atomic E-state index is 4.48. The highest BCUT2D eigenvalue weighted by molar-refractivity contribution is 5.93. The number of unbranched alkanes of at least 4 members (excludes halogenated alkanes) is 2. The average Bonchev–Trinajstić information content (AvgIpc) is 2.43. The molecule has 1 aromatic carbocycles. The molecule has 0 aliphatic carbocycles. The van der Waals surface area contributed by atoms with Gasteiger partial charge >= 0.3 is 0 Å². The molecule has 1 aromatic heterocycles. The molecule has 19 heavy (non-hydrogen) atoms. The largest absolute Gasteiger partial charge is 0.382 e. The third kappa shape index (κ3) is 3.46. The van der Waals surface area contributed by atoms with Gasteiger partial charge in [0.25, 0.3) is 0 Å². The Morgan fingerprint density at radius 1 is 1.21 bits per heavy atom. The minimum Gasteiger partial charge on any atom is -0.382 e.